The van der Waals surface area contributed by atoms with E-state index < -0.39 is 0 Å². The largest absolute Gasteiger partial charge is 0.0988 e. The van der Waals surface area contributed by atoms with E-state index in [0.717, 1.165) is 12.8 Å². The van der Waals surface area contributed by atoms with E-state index >= 15 is 0 Å². The van der Waals surface area contributed by atoms with Crippen molar-refractivity contribution >= 4 is 22.6 Å². The Labute approximate surface area is 154 Å². The van der Waals surface area contributed by atoms with Crippen LogP contribution in [-0.4, -0.2) is 0 Å². The second-order valence-corrected chi connectivity index (χ2v) is 8.33. The van der Waals surface area contributed by atoms with Crippen molar-refractivity contribution in [2.75, 3.05) is 0 Å². The maximum atomic E-state index is 4.13. The lowest BCUT2D eigenvalue weighted by Crippen LogP contribution is -2.16. The number of aryl methyl sites for hydroxylation is 1. The maximum absolute atomic E-state index is 4.13. The highest BCUT2D eigenvalue weighted by Gasteiger charge is 2.42. The summed E-state index contributed by atoms with van der Waals surface area (Å²) >= 11 is 2.45. The minimum absolute atomic E-state index is 0.138. The van der Waals surface area contributed by atoms with E-state index in [1.165, 1.54) is 27.6 Å². The number of allylic oxidation sites excluding steroid dienone is 7. The Bertz CT molecular complexity index is 686. The van der Waals surface area contributed by atoms with Gasteiger partial charge in [-0.2, -0.15) is 0 Å². The second-order valence-electron chi connectivity index (χ2n) is 7.08. The third-order valence-corrected chi connectivity index (χ3v) is 6.09. The molecule has 0 aliphatic heterocycles. The molecule has 120 valence electrons. The molecule has 1 aromatic rings. The van der Waals surface area contributed by atoms with Crippen LogP contribution in [0.15, 0.2) is 75.4 Å². The molecule has 0 bridgehead atoms. The fourth-order valence-electron chi connectivity index (χ4n) is 4.18. The average molecular weight is 416 g/mol. The molecule has 1 atom stereocenters. The number of fused-ring (bicyclic) bond motifs is 1. The summed E-state index contributed by atoms with van der Waals surface area (Å²) in [5.41, 5.74) is 6.28. The van der Waals surface area contributed by atoms with Gasteiger partial charge in [-0.1, -0.05) is 74.1 Å². The Balaban J connectivity index is 1.79. The number of benzene rings is 1. The molecule has 0 amide bonds. The van der Waals surface area contributed by atoms with Crippen LogP contribution in [-0.2, 0) is 6.42 Å². The van der Waals surface area contributed by atoms with Gasteiger partial charge in [-0.15, -0.1) is 0 Å². The van der Waals surface area contributed by atoms with Crippen LogP contribution in [0.1, 0.15) is 38.7 Å². The number of hydrogen-bond acceptors (Lipinski definition) is 0. The zero-order valence-electron chi connectivity index (χ0n) is 14.1. The van der Waals surface area contributed by atoms with Crippen LogP contribution in [0.4, 0.5) is 0 Å². The average Bonchev–Trinajstić information content (AvgIpc) is 2.75. The van der Waals surface area contributed by atoms with Crippen molar-refractivity contribution in [3.8, 4) is 0 Å². The third kappa shape index (κ3) is 3.26. The Kier molecular flexibility index (Phi) is 4.96. The summed E-state index contributed by atoms with van der Waals surface area (Å²) in [5.74, 6) is 0.604. The van der Waals surface area contributed by atoms with Gasteiger partial charge in [0.2, 0.25) is 0 Å². The van der Waals surface area contributed by atoms with Crippen molar-refractivity contribution in [2.24, 2.45) is 11.3 Å². The van der Waals surface area contributed by atoms with Crippen molar-refractivity contribution in [2.45, 2.75) is 39.5 Å². The highest BCUT2D eigenvalue weighted by Crippen LogP contribution is 2.55. The topological polar surface area (TPSA) is 0 Å². The fourth-order valence-corrected chi connectivity index (χ4v) is 4.77. The van der Waals surface area contributed by atoms with Crippen molar-refractivity contribution in [3.63, 3.8) is 0 Å². The Morgan fingerprint density at radius 1 is 1.22 bits per heavy atom. The van der Waals surface area contributed by atoms with Crippen LogP contribution >= 0.6 is 22.6 Å². The zero-order valence-corrected chi connectivity index (χ0v) is 16.3. The van der Waals surface area contributed by atoms with E-state index in [0.29, 0.717) is 5.92 Å². The second kappa shape index (κ2) is 6.80. The number of hydrogen-bond donors (Lipinski definition) is 0. The highest BCUT2D eigenvalue weighted by molar-refractivity contribution is 14.1. The monoisotopic (exact) mass is 416 g/mol. The summed E-state index contributed by atoms with van der Waals surface area (Å²) in [4.78, 5) is 0. The molecule has 1 aromatic carbocycles. The molecule has 0 N–H and O–H groups in total. The predicted octanol–water partition coefficient (Wildman–Crippen LogP) is 6.80. The lowest BCUT2D eigenvalue weighted by molar-refractivity contribution is 0.526. The quantitative estimate of drug-likeness (QED) is 0.463. The van der Waals surface area contributed by atoms with Crippen LogP contribution in [0, 0.1) is 11.3 Å². The molecule has 0 nitrogen and oxygen atoms in total. The molecule has 2 aliphatic carbocycles. The van der Waals surface area contributed by atoms with Gasteiger partial charge in [0, 0.05) is 14.9 Å². The first-order valence-corrected chi connectivity index (χ1v) is 9.59. The Morgan fingerprint density at radius 2 is 1.96 bits per heavy atom. The van der Waals surface area contributed by atoms with Crippen LogP contribution < -0.4 is 0 Å². The molecule has 0 saturated heterocycles. The molecule has 2 aliphatic rings. The maximum Gasteiger partial charge on any atom is 0.0114 e. The molecule has 0 aromatic heterocycles. The number of rotatable bonds is 5. The van der Waals surface area contributed by atoms with E-state index in [1.807, 2.05) is 0 Å². The summed E-state index contributed by atoms with van der Waals surface area (Å²) < 4.78 is 1.39. The van der Waals surface area contributed by atoms with Gasteiger partial charge >= 0.3 is 0 Å². The van der Waals surface area contributed by atoms with Gasteiger partial charge in [0.15, 0.2) is 0 Å². The van der Waals surface area contributed by atoms with E-state index in [-0.39, 0.29) is 5.41 Å². The number of halogens is 1. The minimum atomic E-state index is 0.138. The minimum Gasteiger partial charge on any atom is -0.0988 e. The van der Waals surface area contributed by atoms with Crippen LogP contribution in [0.25, 0.3) is 0 Å². The van der Waals surface area contributed by atoms with Crippen LogP contribution in [0.3, 0.4) is 0 Å². The molecule has 0 fully saturated rings. The lowest BCUT2D eigenvalue weighted by atomic mass is 9.77. The SMILES string of the molecule is C=CC1=C(CCCc2ccccc2)[C@H]2CC=C(I)C=C2C1(C)C. The zero-order chi connectivity index (χ0) is 16.4. The first kappa shape index (κ1) is 16.8. The molecule has 3 rings (SSSR count). The predicted molar refractivity (Wildman–Crippen MR) is 109 cm³/mol. The smallest absolute Gasteiger partial charge is 0.0114 e. The highest BCUT2D eigenvalue weighted by atomic mass is 127. The van der Waals surface area contributed by atoms with Gasteiger partial charge in [-0.3, -0.25) is 0 Å². The molecule has 23 heavy (non-hydrogen) atoms. The van der Waals surface area contributed by atoms with Gasteiger partial charge in [0.25, 0.3) is 0 Å². The Morgan fingerprint density at radius 3 is 2.65 bits per heavy atom. The lowest BCUT2D eigenvalue weighted by Gasteiger charge is -2.27. The van der Waals surface area contributed by atoms with Gasteiger partial charge in [0.05, 0.1) is 0 Å². The molecular formula is C22H25I. The molecule has 0 spiro atoms. The van der Waals surface area contributed by atoms with Crippen molar-refractivity contribution in [1.82, 2.24) is 0 Å². The molecular weight excluding hydrogens is 391 g/mol. The third-order valence-electron chi connectivity index (χ3n) is 5.34. The molecule has 1 heteroatoms. The van der Waals surface area contributed by atoms with E-state index in [9.17, 15) is 0 Å². The first-order valence-electron chi connectivity index (χ1n) is 8.51. The first-order chi connectivity index (χ1) is 11.0. The normalized spacial score (nSPS) is 22.5. The van der Waals surface area contributed by atoms with Gasteiger partial charge in [-0.25, -0.2) is 0 Å². The van der Waals surface area contributed by atoms with Crippen LogP contribution in [0.5, 0.6) is 0 Å². The van der Waals surface area contributed by atoms with E-state index in [4.69, 9.17) is 0 Å². The van der Waals surface area contributed by atoms with E-state index in [2.05, 4.69) is 91.6 Å². The Hall–Kier alpha value is -1.09. The van der Waals surface area contributed by atoms with E-state index in [1.54, 1.807) is 11.1 Å². The molecule has 0 saturated carbocycles. The van der Waals surface area contributed by atoms with Gasteiger partial charge in [0.1, 0.15) is 0 Å². The summed E-state index contributed by atoms with van der Waals surface area (Å²) in [6, 6.07) is 10.8. The molecule has 0 radical (unpaired) electrons. The standard InChI is InChI=1S/C22H25I/c1-4-20-18(12-8-11-16-9-6-5-7-10-16)19-14-13-17(23)15-21(19)22(20,2)3/h4-7,9-10,13,15,19H,1,8,11-12,14H2,2-3H3/t19-/m1/s1. The molecule has 0 heterocycles. The van der Waals surface area contributed by atoms with Crippen molar-refractivity contribution in [3.05, 3.63) is 81.0 Å². The van der Waals surface area contributed by atoms with Crippen LogP contribution in [0.2, 0.25) is 0 Å². The van der Waals surface area contributed by atoms with Crippen molar-refractivity contribution in [1.29, 1.82) is 0 Å². The summed E-state index contributed by atoms with van der Waals surface area (Å²) in [5, 5.41) is 0. The molecule has 0 unspecified atom stereocenters. The summed E-state index contributed by atoms with van der Waals surface area (Å²) in [6.45, 7) is 8.85. The van der Waals surface area contributed by atoms with Gasteiger partial charge < -0.3 is 0 Å². The summed E-state index contributed by atoms with van der Waals surface area (Å²) in [6.07, 6.45) is 11.6. The van der Waals surface area contributed by atoms with Gasteiger partial charge in [-0.05, 0) is 65.5 Å². The van der Waals surface area contributed by atoms with Crippen molar-refractivity contribution < 1.29 is 0 Å². The fraction of sp³-hybridized carbons (Fsp3) is 0.364. The summed E-state index contributed by atoms with van der Waals surface area (Å²) in [7, 11) is 0.